The first kappa shape index (κ1) is 43.1. The normalized spacial score (nSPS) is 17.0. The molecule has 14 nitrogen and oxygen atoms in total. The second-order valence-electron chi connectivity index (χ2n) is 15.2. The summed E-state index contributed by atoms with van der Waals surface area (Å²) < 4.78 is 5.35. The molecule has 1 heterocycles. The minimum absolute atomic E-state index is 0.0765. The van der Waals surface area contributed by atoms with Crippen molar-refractivity contribution in [3.05, 3.63) is 71.8 Å². The van der Waals surface area contributed by atoms with Gasteiger partial charge in [-0.15, -0.1) is 0 Å². The van der Waals surface area contributed by atoms with Crippen LogP contribution in [-0.4, -0.2) is 103 Å². The summed E-state index contributed by atoms with van der Waals surface area (Å²) in [7, 11) is 3.11. The molecule has 0 bridgehead atoms. The van der Waals surface area contributed by atoms with Crippen molar-refractivity contribution in [3.63, 3.8) is 0 Å². The molecule has 1 unspecified atom stereocenters. The number of nitrogens with zero attached hydrogens (tertiary/aromatic N) is 2. The van der Waals surface area contributed by atoms with Gasteiger partial charge in [-0.25, -0.2) is 4.79 Å². The Morgan fingerprint density at radius 2 is 1.46 bits per heavy atom. The molecule has 0 aliphatic carbocycles. The molecule has 0 radical (unpaired) electrons. The number of ketones is 1. The zero-order chi connectivity index (χ0) is 40.2. The zero-order valence-corrected chi connectivity index (χ0v) is 32.6. The number of carbonyl (C=O) groups excluding carboxylic acids is 7. The maximum absolute atomic E-state index is 14.4. The molecular weight excluding hydrogens is 692 g/mol. The molecule has 2 aromatic carbocycles. The number of amides is 6. The topological polar surface area (TPSA) is 183 Å². The van der Waals surface area contributed by atoms with Gasteiger partial charge in [0, 0.05) is 26.6 Å². The van der Waals surface area contributed by atoms with Gasteiger partial charge in [-0.1, -0.05) is 109 Å². The molecule has 3 rings (SSSR count). The molecule has 0 saturated carbocycles. The smallest absolute Gasteiger partial charge is 0.407 e. The van der Waals surface area contributed by atoms with Crippen molar-refractivity contribution in [3.8, 4) is 0 Å². The molecule has 5 atom stereocenters. The molecule has 294 valence electrons. The predicted molar refractivity (Wildman–Crippen MR) is 203 cm³/mol. The monoisotopic (exact) mass is 748 g/mol. The lowest BCUT2D eigenvalue weighted by Crippen LogP contribution is -2.57. The fraction of sp³-hybridized carbons (Fsp3) is 0.525. The van der Waals surface area contributed by atoms with Crippen molar-refractivity contribution in [1.29, 1.82) is 0 Å². The van der Waals surface area contributed by atoms with E-state index >= 15 is 0 Å². The molecule has 1 aliphatic heterocycles. The summed E-state index contributed by atoms with van der Waals surface area (Å²) in [6, 6.07) is 13.5. The van der Waals surface area contributed by atoms with Gasteiger partial charge in [-0.2, -0.15) is 0 Å². The van der Waals surface area contributed by atoms with Gasteiger partial charge in [0.2, 0.25) is 29.4 Å². The van der Waals surface area contributed by atoms with Crippen LogP contribution >= 0.6 is 0 Å². The van der Waals surface area contributed by atoms with E-state index in [1.807, 2.05) is 65.0 Å². The average molecular weight is 749 g/mol. The number of Topliss-reactive ketones (excluding diaryl/α,β-unsaturated/α-hetero) is 1. The van der Waals surface area contributed by atoms with Crippen molar-refractivity contribution in [2.45, 2.75) is 90.9 Å². The average Bonchev–Trinajstić information content (AvgIpc) is 3.48. The number of hydrogen-bond donors (Lipinski definition) is 4. The fourth-order valence-corrected chi connectivity index (χ4v) is 6.31. The number of rotatable bonds is 17. The van der Waals surface area contributed by atoms with E-state index in [-0.39, 0.29) is 37.8 Å². The lowest BCUT2D eigenvalue weighted by Gasteiger charge is -2.32. The van der Waals surface area contributed by atoms with E-state index in [4.69, 9.17) is 4.74 Å². The molecular formula is C40H56N6O8. The molecule has 0 aromatic heterocycles. The highest BCUT2D eigenvalue weighted by Gasteiger charge is 2.47. The Balaban J connectivity index is 1.75. The summed E-state index contributed by atoms with van der Waals surface area (Å²) in [5.74, 6) is -4.63. The zero-order valence-electron chi connectivity index (χ0n) is 32.6. The molecule has 1 fully saturated rings. The van der Waals surface area contributed by atoms with Crippen LogP contribution in [0.1, 0.15) is 83.9 Å². The van der Waals surface area contributed by atoms with E-state index in [9.17, 15) is 33.6 Å². The summed E-state index contributed by atoms with van der Waals surface area (Å²) in [6.07, 6.45) is 0.0758. The summed E-state index contributed by atoms with van der Waals surface area (Å²) in [4.78, 5) is 96.1. The lowest BCUT2D eigenvalue weighted by molar-refractivity contribution is -0.143. The minimum atomic E-state index is -1.23. The summed E-state index contributed by atoms with van der Waals surface area (Å²) in [6.45, 7) is 11.0. The number of carbonyl (C=O) groups is 7. The van der Waals surface area contributed by atoms with Crippen LogP contribution in [0.4, 0.5) is 4.79 Å². The van der Waals surface area contributed by atoms with Crippen molar-refractivity contribution >= 4 is 41.4 Å². The van der Waals surface area contributed by atoms with E-state index in [1.54, 1.807) is 51.4 Å². The van der Waals surface area contributed by atoms with Gasteiger partial charge in [0.05, 0.1) is 19.2 Å². The first-order valence-corrected chi connectivity index (χ1v) is 18.4. The van der Waals surface area contributed by atoms with Gasteiger partial charge in [-0.3, -0.25) is 28.8 Å². The van der Waals surface area contributed by atoms with Crippen molar-refractivity contribution in [2.24, 2.45) is 11.3 Å². The van der Waals surface area contributed by atoms with Crippen LogP contribution in [0.25, 0.3) is 0 Å². The van der Waals surface area contributed by atoms with Gasteiger partial charge >= 0.3 is 6.09 Å². The third-order valence-corrected chi connectivity index (χ3v) is 9.19. The second kappa shape index (κ2) is 19.7. The largest absolute Gasteiger partial charge is 0.449 e. The first-order chi connectivity index (χ1) is 25.4. The summed E-state index contributed by atoms with van der Waals surface area (Å²) in [5.41, 5.74) is 0.854. The number of likely N-dealkylation sites (N-methyl/N-ethyl adjacent to an activating group) is 1. The Kier molecular flexibility index (Phi) is 15.7. The van der Waals surface area contributed by atoms with E-state index < -0.39 is 77.6 Å². The predicted octanol–water partition coefficient (Wildman–Crippen LogP) is 3.08. The van der Waals surface area contributed by atoms with Gasteiger partial charge < -0.3 is 35.8 Å². The van der Waals surface area contributed by atoms with Crippen LogP contribution in [0.3, 0.4) is 0 Å². The van der Waals surface area contributed by atoms with Crippen LogP contribution in [-0.2, 0) is 33.5 Å². The minimum Gasteiger partial charge on any atom is -0.449 e. The van der Waals surface area contributed by atoms with Crippen molar-refractivity contribution < 1.29 is 38.3 Å². The molecule has 0 spiro atoms. The van der Waals surface area contributed by atoms with E-state index in [1.165, 1.54) is 9.80 Å². The third-order valence-electron chi connectivity index (χ3n) is 9.19. The quantitative estimate of drug-likeness (QED) is 0.178. The van der Waals surface area contributed by atoms with Crippen LogP contribution in [0.2, 0.25) is 0 Å². The Hall–Kier alpha value is -5.27. The Bertz CT molecular complexity index is 1630. The maximum atomic E-state index is 14.4. The standard InChI is InChI=1S/C40H56N6O8/c1-9-16-29(34(48)36(50)41-22-31(47)43-33(37(51)45(7)8)28-19-14-11-15-20-28)42-35(49)30-21-40(5,6)24-46(30)38(52)32(44-39(53)54-23-25(2)3)26(4)27-17-12-10-13-18-27/h10-15,17-20,25-26,29-30,32-33H,9,16,21-24H2,1-8H3,(H,41,50)(H,42,49)(H,43,47)(H,44,53)/t26-,29?,30+,32+,33+/m1/s1. The van der Waals surface area contributed by atoms with E-state index in [0.29, 0.717) is 12.0 Å². The van der Waals surface area contributed by atoms with Crippen LogP contribution < -0.4 is 21.3 Å². The van der Waals surface area contributed by atoms with Crippen LogP contribution in [0, 0.1) is 11.3 Å². The molecule has 14 heteroatoms. The Labute approximate surface area is 318 Å². The highest BCUT2D eigenvalue weighted by Crippen LogP contribution is 2.36. The van der Waals surface area contributed by atoms with Gasteiger partial charge in [-0.05, 0) is 35.3 Å². The molecule has 1 aliphatic rings. The molecule has 6 amide bonds. The van der Waals surface area contributed by atoms with Gasteiger partial charge in [0.1, 0.15) is 18.1 Å². The van der Waals surface area contributed by atoms with E-state index in [2.05, 4.69) is 21.3 Å². The molecule has 1 saturated heterocycles. The third kappa shape index (κ3) is 12.1. The first-order valence-electron chi connectivity index (χ1n) is 18.4. The van der Waals surface area contributed by atoms with E-state index in [0.717, 1.165) is 5.56 Å². The summed E-state index contributed by atoms with van der Waals surface area (Å²) >= 11 is 0. The Morgan fingerprint density at radius 1 is 0.870 bits per heavy atom. The maximum Gasteiger partial charge on any atom is 0.407 e. The highest BCUT2D eigenvalue weighted by molar-refractivity contribution is 6.38. The number of alkyl carbamates (subject to hydrolysis) is 1. The second-order valence-corrected chi connectivity index (χ2v) is 15.2. The fourth-order valence-electron chi connectivity index (χ4n) is 6.31. The van der Waals surface area contributed by atoms with Crippen LogP contribution in [0.15, 0.2) is 60.7 Å². The van der Waals surface area contributed by atoms with Gasteiger partial charge in [0.15, 0.2) is 0 Å². The Morgan fingerprint density at radius 3 is 2.02 bits per heavy atom. The number of hydrogen-bond acceptors (Lipinski definition) is 8. The van der Waals surface area contributed by atoms with Crippen molar-refractivity contribution in [2.75, 3.05) is 33.8 Å². The number of nitrogens with one attached hydrogen (secondary N) is 4. The molecule has 54 heavy (non-hydrogen) atoms. The van der Waals surface area contributed by atoms with Crippen molar-refractivity contribution in [1.82, 2.24) is 31.1 Å². The van der Waals surface area contributed by atoms with Crippen LogP contribution in [0.5, 0.6) is 0 Å². The number of benzene rings is 2. The molecule has 4 N–H and O–H groups in total. The highest BCUT2D eigenvalue weighted by atomic mass is 16.5. The molecule has 2 aromatic rings. The number of ether oxygens (including phenoxy) is 1. The van der Waals surface area contributed by atoms with Gasteiger partial charge in [0.25, 0.3) is 5.91 Å². The lowest BCUT2D eigenvalue weighted by atomic mass is 9.90. The summed E-state index contributed by atoms with van der Waals surface area (Å²) in [5, 5.41) is 10.4. The SMILES string of the molecule is CCCC(NC(=O)[C@@H]1CC(C)(C)CN1C(=O)[C@@H](NC(=O)OCC(C)C)[C@H](C)c1ccccc1)C(=O)C(=O)NCC(=O)N[C@H](C(=O)N(C)C)c1ccccc1. The number of likely N-dealkylation sites (tertiary alicyclic amines) is 1.